The predicted octanol–water partition coefficient (Wildman–Crippen LogP) is 1.52. The van der Waals surface area contributed by atoms with Crippen LogP contribution in [-0.4, -0.2) is 48.9 Å². The van der Waals surface area contributed by atoms with Gasteiger partial charge in [0, 0.05) is 0 Å². The van der Waals surface area contributed by atoms with E-state index in [1.54, 1.807) is 0 Å². The second-order valence-corrected chi connectivity index (χ2v) is 5.90. The van der Waals surface area contributed by atoms with Crippen molar-refractivity contribution in [2.75, 3.05) is 0 Å². The van der Waals surface area contributed by atoms with Crippen LogP contribution in [0.4, 0.5) is 0 Å². The van der Waals surface area contributed by atoms with E-state index in [-0.39, 0.29) is 29.6 Å². The molecule has 0 saturated heterocycles. The van der Waals surface area contributed by atoms with Crippen LogP contribution in [0.1, 0.15) is 25.7 Å². The Labute approximate surface area is 117 Å². The summed E-state index contributed by atoms with van der Waals surface area (Å²) >= 11 is 0. The summed E-state index contributed by atoms with van der Waals surface area (Å²) in [5, 5.41) is 0. The van der Waals surface area contributed by atoms with Gasteiger partial charge in [0.15, 0.2) is 0 Å². The van der Waals surface area contributed by atoms with E-state index in [1.807, 2.05) is 0 Å². The molecule has 0 aliphatic carbocycles. The summed E-state index contributed by atoms with van der Waals surface area (Å²) in [5.74, 6) is 0. The van der Waals surface area contributed by atoms with E-state index in [9.17, 15) is 0 Å². The van der Waals surface area contributed by atoms with Crippen LogP contribution >= 0.6 is 0 Å². The zero-order chi connectivity index (χ0) is 10.5. The Morgan fingerprint density at radius 1 is 0.800 bits per heavy atom. The second-order valence-electron chi connectivity index (χ2n) is 3.03. The maximum absolute atomic E-state index is 8.05. The van der Waals surface area contributed by atoms with Crippen LogP contribution in [0.15, 0.2) is 9.56 Å². The van der Waals surface area contributed by atoms with E-state index in [1.165, 1.54) is 25.7 Å². The molecule has 0 fully saturated rings. The first-order chi connectivity index (χ1) is 6.91. The molecule has 0 amide bonds. The van der Waals surface area contributed by atoms with Crippen LogP contribution in [0.5, 0.6) is 0 Å². The van der Waals surface area contributed by atoms with Crippen molar-refractivity contribution >= 4 is 48.9 Å². The molecule has 0 atom stereocenters. The molecule has 0 aromatic heterocycles. The molecule has 0 spiro atoms. The molecule has 0 aromatic rings. The van der Waals surface area contributed by atoms with Gasteiger partial charge in [-0.1, -0.05) is 37.8 Å². The summed E-state index contributed by atoms with van der Waals surface area (Å²) in [6.45, 7) is 0. The summed E-state index contributed by atoms with van der Waals surface area (Å²) in [7, 11) is -0.972. The van der Waals surface area contributed by atoms with Crippen molar-refractivity contribution in [3.8, 4) is 0 Å². The molecule has 0 radical (unpaired) electrons. The average molecular weight is 252 g/mol. The predicted molar refractivity (Wildman–Crippen MR) is 70.6 cm³/mol. The van der Waals surface area contributed by atoms with Gasteiger partial charge in [-0.05, 0) is 20.9 Å². The number of hydrogen-bond acceptors (Lipinski definition) is 2. The molecule has 0 heterocycles. The maximum atomic E-state index is 8.05. The first-order valence-electron chi connectivity index (χ1n) is 4.93. The first-order valence-corrected chi connectivity index (χ1v) is 8.20. The van der Waals surface area contributed by atoms with E-state index in [2.05, 4.69) is 19.4 Å². The zero-order valence-electron chi connectivity index (χ0n) is 8.34. The normalized spacial score (nSPS) is 9.87. The van der Waals surface area contributed by atoms with Gasteiger partial charge >= 0.3 is 29.6 Å². The molecule has 80 valence electrons. The monoisotopic (exact) mass is 252 g/mol. The third-order valence-electron chi connectivity index (χ3n) is 1.89. The minimum absolute atomic E-state index is 0. The van der Waals surface area contributed by atoms with E-state index in [4.69, 9.17) is 11.1 Å². The van der Waals surface area contributed by atoms with Gasteiger partial charge in [0.1, 0.15) is 19.4 Å². The number of hydrogen-bond donors (Lipinski definition) is 0. The van der Waals surface area contributed by atoms with Crippen molar-refractivity contribution in [2.24, 2.45) is 9.56 Å². The summed E-state index contributed by atoms with van der Waals surface area (Å²) in [5.41, 5.74) is 16.1. The number of rotatable bonds is 9. The Kier molecular flexibility index (Phi) is 19.2. The van der Waals surface area contributed by atoms with Gasteiger partial charge in [0.25, 0.3) is 0 Å². The SMILES string of the molecule is [N-]=[N+]=N[SiH2]CCCCCC[SiH2]N=[N+]=[N-].[NaH]. The van der Waals surface area contributed by atoms with E-state index >= 15 is 0 Å². The van der Waals surface area contributed by atoms with Gasteiger partial charge in [-0.3, -0.25) is 0 Å². The Hall–Kier alpha value is 0.0538. The van der Waals surface area contributed by atoms with Crippen molar-refractivity contribution in [2.45, 2.75) is 37.8 Å². The quantitative estimate of drug-likeness (QED) is 0.195. The molecule has 0 bridgehead atoms. The fourth-order valence-corrected chi connectivity index (χ4v) is 2.78. The Morgan fingerprint density at radius 3 is 1.53 bits per heavy atom. The molecule has 0 aliphatic rings. The van der Waals surface area contributed by atoms with Crippen LogP contribution in [-0.2, 0) is 0 Å². The summed E-state index contributed by atoms with van der Waals surface area (Å²) in [6, 6.07) is 2.25. The third kappa shape index (κ3) is 16.7. The second kappa shape index (κ2) is 16.5. The molecule has 15 heavy (non-hydrogen) atoms. The molecule has 6 nitrogen and oxygen atoms in total. The molecule has 0 N–H and O–H groups in total. The molecular formula is C6H17N6NaSi2. The molecule has 0 rings (SSSR count). The fourth-order valence-electron chi connectivity index (χ4n) is 1.16. The van der Waals surface area contributed by atoms with Gasteiger partial charge in [-0.2, -0.15) is 0 Å². The Morgan fingerprint density at radius 2 is 1.20 bits per heavy atom. The zero-order valence-corrected chi connectivity index (χ0v) is 11.2. The van der Waals surface area contributed by atoms with Gasteiger partial charge < -0.3 is 0 Å². The van der Waals surface area contributed by atoms with Crippen molar-refractivity contribution in [3.63, 3.8) is 0 Å². The van der Waals surface area contributed by atoms with Crippen LogP contribution in [0.2, 0.25) is 12.1 Å². The molecule has 9 heteroatoms. The average Bonchev–Trinajstić information content (AvgIpc) is 2.21. The van der Waals surface area contributed by atoms with E-state index in [0.717, 1.165) is 12.1 Å². The van der Waals surface area contributed by atoms with E-state index < -0.39 is 19.4 Å². The topological polar surface area (TPSA) is 97.5 Å². The van der Waals surface area contributed by atoms with Crippen molar-refractivity contribution in [1.82, 2.24) is 0 Å². The van der Waals surface area contributed by atoms with Crippen LogP contribution in [0, 0.1) is 0 Å². The summed E-state index contributed by atoms with van der Waals surface area (Å²) < 4.78 is 7.20. The minimum atomic E-state index is -0.486. The Bertz CT molecular complexity index is 202. The number of unbranched alkanes of at least 4 members (excludes halogenated alkanes) is 3. The van der Waals surface area contributed by atoms with Crippen molar-refractivity contribution in [3.05, 3.63) is 20.9 Å². The fraction of sp³-hybridized carbons (Fsp3) is 1.00. The third-order valence-corrected chi connectivity index (χ3v) is 4.18. The molecule has 0 aliphatic heterocycles. The Balaban J connectivity index is 0. The summed E-state index contributed by atoms with van der Waals surface area (Å²) in [4.78, 5) is 5.50. The van der Waals surface area contributed by atoms with Crippen molar-refractivity contribution < 1.29 is 0 Å². The van der Waals surface area contributed by atoms with Crippen LogP contribution in [0.25, 0.3) is 20.9 Å². The van der Waals surface area contributed by atoms with E-state index in [0.29, 0.717) is 0 Å². The standard InChI is InChI=1S/C6H16N6Si2.Na.H/c7-9-11-13-5-3-1-2-4-6-14-12-10-8;;/h1-6,13-14H2;;. The molecule has 0 aromatic carbocycles. The van der Waals surface area contributed by atoms with Crippen molar-refractivity contribution in [1.29, 1.82) is 0 Å². The molecule has 0 unspecified atom stereocenters. The van der Waals surface area contributed by atoms with Crippen LogP contribution < -0.4 is 0 Å². The number of nitrogens with zero attached hydrogens (tertiary/aromatic N) is 6. The first kappa shape index (κ1) is 17.4. The van der Waals surface area contributed by atoms with Gasteiger partial charge in [0.05, 0.1) is 0 Å². The molecular weight excluding hydrogens is 235 g/mol. The summed E-state index contributed by atoms with van der Waals surface area (Å²) in [6.07, 6.45) is 4.82. The molecule has 0 saturated carbocycles. The van der Waals surface area contributed by atoms with Gasteiger partial charge in [0.2, 0.25) is 0 Å². The van der Waals surface area contributed by atoms with Gasteiger partial charge in [-0.15, -0.1) is 9.56 Å². The van der Waals surface area contributed by atoms with Crippen LogP contribution in [0.3, 0.4) is 0 Å². The van der Waals surface area contributed by atoms with Gasteiger partial charge in [-0.25, -0.2) is 0 Å². The number of azide groups is 2.